The average Bonchev–Trinajstić information content (AvgIpc) is 3.67. The monoisotopic (exact) mass is 476 g/mol. The fraction of sp³-hybridized carbons (Fsp3) is 0.480. The van der Waals surface area contributed by atoms with E-state index < -0.39 is 12.0 Å². The Morgan fingerprint density at radius 2 is 1.97 bits per heavy atom. The normalized spacial score (nSPS) is 19.8. The summed E-state index contributed by atoms with van der Waals surface area (Å²) in [6, 6.07) is 4.45. The molecule has 0 unspecified atom stereocenters. The molecule has 0 radical (unpaired) electrons. The molecule has 1 saturated heterocycles. The minimum Gasteiger partial charge on any atom is -0.329 e. The van der Waals surface area contributed by atoms with Gasteiger partial charge in [0.25, 0.3) is 0 Å². The highest BCUT2D eigenvalue weighted by molar-refractivity contribution is 5.96. The van der Waals surface area contributed by atoms with E-state index in [2.05, 4.69) is 31.9 Å². The molecule has 1 aliphatic heterocycles. The predicted molar refractivity (Wildman–Crippen MR) is 130 cm³/mol. The summed E-state index contributed by atoms with van der Waals surface area (Å²) in [5.74, 6) is 1.93. The molecule has 182 valence electrons. The van der Waals surface area contributed by atoms with Gasteiger partial charge in [-0.15, -0.1) is 0 Å². The quantitative estimate of drug-likeness (QED) is 0.457. The van der Waals surface area contributed by atoms with Crippen LogP contribution in [0.25, 0.3) is 0 Å². The van der Waals surface area contributed by atoms with Gasteiger partial charge >= 0.3 is 0 Å². The van der Waals surface area contributed by atoms with Crippen LogP contribution >= 0.6 is 0 Å². The first-order valence-electron chi connectivity index (χ1n) is 12.6. The Bertz CT molecular complexity index is 1220. The maximum Gasteiger partial charge on any atom is 0.247 e. The van der Waals surface area contributed by atoms with Crippen LogP contribution in [-0.4, -0.2) is 43.6 Å². The summed E-state index contributed by atoms with van der Waals surface area (Å²) >= 11 is 0. The summed E-state index contributed by atoms with van der Waals surface area (Å²) in [6.07, 6.45) is 10.7. The van der Waals surface area contributed by atoms with E-state index in [1.807, 2.05) is 4.90 Å². The number of amides is 1. The van der Waals surface area contributed by atoms with E-state index in [0.29, 0.717) is 30.5 Å². The first kappa shape index (κ1) is 21.9. The molecule has 3 N–H and O–H groups in total. The number of pyridine rings is 1. The number of hydrogen-bond acceptors (Lipinski definition) is 7. The number of aromatic nitrogens is 5. The summed E-state index contributed by atoms with van der Waals surface area (Å²) in [7, 11) is 0. The zero-order valence-electron chi connectivity index (χ0n) is 19.6. The topological polar surface area (TPSA) is 112 Å². The molecule has 35 heavy (non-hydrogen) atoms. The second-order valence-electron chi connectivity index (χ2n) is 9.68. The molecule has 1 saturated carbocycles. The molecule has 0 spiro atoms. The zero-order chi connectivity index (χ0) is 23.8. The first-order chi connectivity index (χ1) is 17.1. The second kappa shape index (κ2) is 9.24. The largest absolute Gasteiger partial charge is 0.329 e. The van der Waals surface area contributed by atoms with Crippen molar-refractivity contribution in [3.05, 3.63) is 47.3 Å². The molecule has 1 amide bonds. The molecular formula is C25H29FN8O. The van der Waals surface area contributed by atoms with Crippen LogP contribution in [0.4, 0.5) is 27.7 Å². The molecule has 1 atom stereocenters. The predicted octanol–water partition coefficient (Wildman–Crippen LogP) is 4.23. The minimum absolute atomic E-state index is 0.164. The standard InChI is InChI=1S/C25H29FN8O/c26-21-11-10-16(14-27-21)28-24(35)20-9-4-12-34(20)25-29-18-8-3-7-17(18)23(31-25)30-22-13-19(32-33-22)15-5-1-2-6-15/h10-11,13-15,20H,1-9,12H2,(H,28,35)(H2,29,30,31,32,33)/t20-/m1/s1. The molecule has 3 aromatic heterocycles. The van der Waals surface area contributed by atoms with Crippen LogP contribution in [0.15, 0.2) is 24.4 Å². The van der Waals surface area contributed by atoms with Crippen molar-refractivity contribution >= 4 is 29.2 Å². The van der Waals surface area contributed by atoms with Crippen LogP contribution in [-0.2, 0) is 17.6 Å². The molecule has 3 aromatic rings. The van der Waals surface area contributed by atoms with Crippen molar-refractivity contribution < 1.29 is 9.18 Å². The highest BCUT2D eigenvalue weighted by atomic mass is 19.1. The van der Waals surface area contributed by atoms with Gasteiger partial charge in [-0.25, -0.2) is 9.97 Å². The van der Waals surface area contributed by atoms with Crippen molar-refractivity contribution in [2.75, 3.05) is 22.1 Å². The van der Waals surface area contributed by atoms with Gasteiger partial charge in [-0.05, 0) is 57.1 Å². The van der Waals surface area contributed by atoms with Crippen LogP contribution < -0.4 is 15.5 Å². The van der Waals surface area contributed by atoms with Crippen molar-refractivity contribution in [3.63, 3.8) is 0 Å². The fourth-order valence-corrected chi connectivity index (χ4v) is 5.57. The number of aryl methyl sites for hydroxylation is 1. The molecule has 3 aliphatic rings. The second-order valence-corrected chi connectivity index (χ2v) is 9.68. The van der Waals surface area contributed by atoms with Gasteiger partial charge in [0, 0.05) is 29.8 Å². The van der Waals surface area contributed by atoms with Gasteiger partial charge in [-0.3, -0.25) is 9.89 Å². The van der Waals surface area contributed by atoms with E-state index in [-0.39, 0.29) is 5.91 Å². The number of halogens is 1. The van der Waals surface area contributed by atoms with Gasteiger partial charge in [-0.1, -0.05) is 12.8 Å². The van der Waals surface area contributed by atoms with E-state index in [4.69, 9.17) is 9.97 Å². The molecule has 2 aliphatic carbocycles. The SMILES string of the molecule is O=C(Nc1ccc(F)nc1)[C@H]1CCCN1c1nc2c(c(Nc3cc(C4CCCC4)[nH]n3)n1)CCC2. The molecule has 2 fully saturated rings. The number of hydrogen-bond donors (Lipinski definition) is 3. The maximum atomic E-state index is 13.1. The van der Waals surface area contributed by atoms with Gasteiger partial charge in [0.1, 0.15) is 11.9 Å². The van der Waals surface area contributed by atoms with Crippen LogP contribution in [0.3, 0.4) is 0 Å². The van der Waals surface area contributed by atoms with Crippen LogP contribution in [0.5, 0.6) is 0 Å². The smallest absolute Gasteiger partial charge is 0.247 e. The number of anilines is 4. The summed E-state index contributed by atoms with van der Waals surface area (Å²) in [6.45, 7) is 0.701. The third kappa shape index (κ3) is 4.44. The van der Waals surface area contributed by atoms with Crippen molar-refractivity contribution in [1.82, 2.24) is 25.1 Å². The van der Waals surface area contributed by atoms with Gasteiger partial charge in [0.2, 0.25) is 17.8 Å². The lowest BCUT2D eigenvalue weighted by Crippen LogP contribution is -2.40. The summed E-state index contributed by atoms with van der Waals surface area (Å²) in [4.78, 5) is 28.4. The Hall–Kier alpha value is -3.56. The van der Waals surface area contributed by atoms with Gasteiger partial charge < -0.3 is 15.5 Å². The first-order valence-corrected chi connectivity index (χ1v) is 12.6. The number of aromatic amines is 1. The van der Waals surface area contributed by atoms with E-state index in [9.17, 15) is 9.18 Å². The Morgan fingerprint density at radius 3 is 2.80 bits per heavy atom. The molecule has 0 bridgehead atoms. The fourth-order valence-electron chi connectivity index (χ4n) is 5.57. The molecule has 10 heteroatoms. The number of H-pyrrole nitrogens is 1. The maximum absolute atomic E-state index is 13.1. The molecule has 4 heterocycles. The minimum atomic E-state index is -0.579. The van der Waals surface area contributed by atoms with Crippen molar-refractivity contribution in [1.29, 1.82) is 0 Å². The zero-order valence-corrected chi connectivity index (χ0v) is 19.6. The molecule has 9 nitrogen and oxygen atoms in total. The molecular weight excluding hydrogens is 447 g/mol. The Balaban J connectivity index is 1.24. The molecule has 6 rings (SSSR count). The van der Waals surface area contributed by atoms with E-state index in [0.717, 1.165) is 48.6 Å². The van der Waals surface area contributed by atoms with E-state index in [1.165, 1.54) is 49.7 Å². The van der Waals surface area contributed by atoms with Crippen LogP contribution in [0, 0.1) is 5.95 Å². The lowest BCUT2D eigenvalue weighted by atomic mass is 10.0. The lowest BCUT2D eigenvalue weighted by molar-refractivity contribution is -0.117. The number of nitrogens with zero attached hydrogens (tertiary/aromatic N) is 5. The molecule has 0 aromatic carbocycles. The third-order valence-electron chi connectivity index (χ3n) is 7.37. The number of carbonyl (C=O) groups excluding carboxylic acids is 1. The third-order valence-corrected chi connectivity index (χ3v) is 7.37. The van der Waals surface area contributed by atoms with Crippen molar-refractivity contribution in [2.24, 2.45) is 0 Å². The summed E-state index contributed by atoms with van der Waals surface area (Å²) in [5, 5.41) is 14.0. The number of rotatable bonds is 6. The van der Waals surface area contributed by atoms with Gasteiger partial charge in [0.15, 0.2) is 5.82 Å². The Kier molecular flexibility index (Phi) is 5.79. The highest BCUT2D eigenvalue weighted by Gasteiger charge is 2.34. The number of nitrogens with one attached hydrogen (secondary N) is 3. The van der Waals surface area contributed by atoms with E-state index in [1.54, 1.807) is 0 Å². The van der Waals surface area contributed by atoms with E-state index >= 15 is 0 Å². The van der Waals surface area contributed by atoms with Crippen LogP contribution in [0.2, 0.25) is 0 Å². The lowest BCUT2D eigenvalue weighted by Gasteiger charge is -2.25. The number of carbonyl (C=O) groups is 1. The van der Waals surface area contributed by atoms with Crippen molar-refractivity contribution in [2.45, 2.75) is 69.7 Å². The van der Waals surface area contributed by atoms with Gasteiger partial charge in [0.05, 0.1) is 17.6 Å². The van der Waals surface area contributed by atoms with Gasteiger partial charge in [-0.2, -0.15) is 14.5 Å². The van der Waals surface area contributed by atoms with Crippen LogP contribution in [0.1, 0.15) is 67.8 Å². The summed E-state index contributed by atoms with van der Waals surface area (Å²) < 4.78 is 13.1. The Labute approximate surface area is 203 Å². The number of fused-ring (bicyclic) bond motifs is 1. The van der Waals surface area contributed by atoms with Crippen molar-refractivity contribution in [3.8, 4) is 0 Å². The highest BCUT2D eigenvalue weighted by Crippen LogP contribution is 2.36. The Morgan fingerprint density at radius 1 is 1.09 bits per heavy atom. The summed E-state index contributed by atoms with van der Waals surface area (Å²) in [5.41, 5.74) is 3.83. The average molecular weight is 477 g/mol.